The fraction of sp³-hybridized carbons (Fsp3) is 0.562. The quantitative estimate of drug-likeness (QED) is 0.623. The zero-order valence-electron chi connectivity index (χ0n) is 11.5. The van der Waals surface area contributed by atoms with Gasteiger partial charge in [-0.1, -0.05) is 23.9 Å². The van der Waals surface area contributed by atoms with E-state index >= 15 is 0 Å². The van der Waals surface area contributed by atoms with Crippen LogP contribution in [0.4, 0.5) is 0 Å². The Morgan fingerprint density at radius 1 is 1.20 bits per heavy atom. The molecule has 1 aromatic carbocycles. The van der Waals surface area contributed by atoms with Crippen LogP contribution in [0, 0.1) is 11.8 Å². The number of hydrogen-bond donors (Lipinski definition) is 1. The number of fused-ring (bicyclic) bond motifs is 1. The molecule has 0 unspecified atom stereocenters. The lowest BCUT2D eigenvalue weighted by molar-refractivity contribution is 0.428. The van der Waals surface area contributed by atoms with E-state index in [2.05, 4.69) is 10.3 Å². The summed E-state index contributed by atoms with van der Waals surface area (Å²) in [5.41, 5.74) is 1.84. The molecule has 106 valence electrons. The molecule has 2 saturated carbocycles. The van der Waals surface area contributed by atoms with Crippen LogP contribution < -0.4 is 5.32 Å². The Morgan fingerprint density at radius 3 is 2.65 bits per heavy atom. The highest BCUT2D eigenvalue weighted by molar-refractivity contribution is 7.99. The molecule has 0 bridgehead atoms. The maximum atomic E-state index is 5.72. The smallest absolute Gasteiger partial charge is 0.256 e. The predicted octanol–water partition coefficient (Wildman–Crippen LogP) is 3.70. The molecule has 3 nitrogen and oxygen atoms in total. The molecule has 2 fully saturated rings. The van der Waals surface area contributed by atoms with Gasteiger partial charge < -0.3 is 9.73 Å². The molecule has 0 atom stereocenters. The number of nitrogens with one attached hydrogen (secondary N) is 1. The van der Waals surface area contributed by atoms with Crippen LogP contribution in [0.25, 0.3) is 11.1 Å². The van der Waals surface area contributed by atoms with Crippen LogP contribution >= 0.6 is 11.8 Å². The number of aromatic nitrogens is 1. The van der Waals surface area contributed by atoms with Gasteiger partial charge in [-0.25, -0.2) is 4.98 Å². The highest BCUT2D eigenvalue weighted by atomic mass is 32.2. The number of rotatable bonds is 7. The number of hydrogen-bond acceptors (Lipinski definition) is 4. The first-order valence-corrected chi connectivity index (χ1v) is 8.60. The van der Waals surface area contributed by atoms with Gasteiger partial charge in [0.1, 0.15) is 5.52 Å². The third-order valence-electron chi connectivity index (χ3n) is 4.24. The van der Waals surface area contributed by atoms with Crippen molar-refractivity contribution in [3.05, 3.63) is 24.3 Å². The van der Waals surface area contributed by atoms with Crippen LogP contribution in [-0.2, 0) is 0 Å². The molecule has 0 radical (unpaired) electrons. The first-order chi connectivity index (χ1) is 9.90. The maximum Gasteiger partial charge on any atom is 0.256 e. The molecule has 0 aliphatic heterocycles. The van der Waals surface area contributed by atoms with E-state index in [1.807, 2.05) is 24.3 Å². The summed E-state index contributed by atoms with van der Waals surface area (Å²) in [6.07, 6.45) is 5.75. The summed E-state index contributed by atoms with van der Waals surface area (Å²) >= 11 is 1.71. The molecule has 2 aliphatic rings. The van der Waals surface area contributed by atoms with Crippen LogP contribution in [0.5, 0.6) is 0 Å². The third kappa shape index (κ3) is 2.86. The Balaban J connectivity index is 1.27. The zero-order valence-corrected chi connectivity index (χ0v) is 12.4. The van der Waals surface area contributed by atoms with Crippen molar-refractivity contribution in [1.82, 2.24) is 10.3 Å². The predicted molar refractivity (Wildman–Crippen MR) is 82.0 cm³/mol. The van der Waals surface area contributed by atoms with Crippen molar-refractivity contribution >= 4 is 22.9 Å². The normalized spacial score (nSPS) is 19.1. The largest absolute Gasteiger partial charge is 0.431 e. The first-order valence-electron chi connectivity index (χ1n) is 7.62. The Bertz CT molecular complexity index is 544. The number of para-hydroxylation sites is 2. The standard InChI is InChI=1S/C16H20N2OS/c1-2-4-14-13(3-1)18-16(19-14)20-10-9-17-15(11-5-6-11)12-7-8-12/h1-4,11-12,15,17H,5-10H2. The molecule has 1 N–H and O–H groups in total. The van der Waals surface area contributed by atoms with Crippen molar-refractivity contribution in [2.75, 3.05) is 12.3 Å². The van der Waals surface area contributed by atoms with E-state index in [1.165, 1.54) is 25.7 Å². The number of oxazole rings is 1. The van der Waals surface area contributed by atoms with Crippen LogP contribution in [0.15, 0.2) is 33.9 Å². The van der Waals surface area contributed by atoms with Crippen LogP contribution in [0.1, 0.15) is 25.7 Å². The van der Waals surface area contributed by atoms with Gasteiger partial charge in [-0.3, -0.25) is 0 Å². The summed E-state index contributed by atoms with van der Waals surface area (Å²) in [7, 11) is 0. The fourth-order valence-electron chi connectivity index (χ4n) is 2.91. The summed E-state index contributed by atoms with van der Waals surface area (Å²) in [5, 5.41) is 4.55. The maximum absolute atomic E-state index is 5.72. The Hall–Kier alpha value is -1.00. The van der Waals surface area contributed by atoms with Gasteiger partial charge in [-0.15, -0.1) is 0 Å². The van der Waals surface area contributed by atoms with E-state index in [1.54, 1.807) is 11.8 Å². The van der Waals surface area contributed by atoms with Gasteiger partial charge in [0.05, 0.1) is 0 Å². The number of nitrogens with zero attached hydrogens (tertiary/aromatic N) is 1. The molecule has 0 saturated heterocycles. The van der Waals surface area contributed by atoms with E-state index in [-0.39, 0.29) is 0 Å². The molecule has 1 aromatic heterocycles. The third-order valence-corrected chi connectivity index (χ3v) is 5.07. The van der Waals surface area contributed by atoms with Gasteiger partial charge in [-0.05, 0) is 49.7 Å². The fourth-order valence-corrected chi connectivity index (χ4v) is 3.61. The lowest BCUT2D eigenvalue weighted by Crippen LogP contribution is -2.34. The average Bonchev–Trinajstić information content (AvgIpc) is 3.36. The van der Waals surface area contributed by atoms with E-state index < -0.39 is 0 Å². The van der Waals surface area contributed by atoms with Crippen molar-refractivity contribution in [2.45, 2.75) is 36.9 Å². The van der Waals surface area contributed by atoms with Crippen molar-refractivity contribution in [1.29, 1.82) is 0 Å². The molecule has 2 aromatic rings. The molecule has 1 heterocycles. The van der Waals surface area contributed by atoms with Crippen molar-refractivity contribution < 1.29 is 4.42 Å². The van der Waals surface area contributed by atoms with Crippen molar-refractivity contribution in [3.63, 3.8) is 0 Å². The van der Waals surface area contributed by atoms with Crippen molar-refractivity contribution in [2.24, 2.45) is 11.8 Å². The lowest BCUT2D eigenvalue weighted by atomic mass is 10.1. The van der Waals surface area contributed by atoms with Gasteiger partial charge in [0.15, 0.2) is 5.58 Å². The van der Waals surface area contributed by atoms with Crippen LogP contribution in [-0.4, -0.2) is 23.3 Å². The molecule has 0 spiro atoms. The SMILES string of the molecule is c1ccc2oc(SCCNC(C3CC3)C3CC3)nc2c1. The van der Waals surface area contributed by atoms with E-state index in [0.717, 1.165) is 46.5 Å². The molecule has 20 heavy (non-hydrogen) atoms. The monoisotopic (exact) mass is 288 g/mol. The second-order valence-corrected chi connectivity index (χ2v) is 7.00. The summed E-state index contributed by atoms with van der Waals surface area (Å²) in [4.78, 5) is 4.49. The molecule has 4 heteroatoms. The molecule has 4 rings (SSSR count). The van der Waals surface area contributed by atoms with E-state index in [9.17, 15) is 0 Å². The lowest BCUT2D eigenvalue weighted by Gasteiger charge is -2.16. The Kier molecular flexibility index (Phi) is 3.44. The second-order valence-electron chi connectivity index (χ2n) is 5.95. The van der Waals surface area contributed by atoms with Gasteiger partial charge >= 0.3 is 0 Å². The minimum Gasteiger partial charge on any atom is -0.431 e. The molecule has 2 aliphatic carbocycles. The summed E-state index contributed by atoms with van der Waals surface area (Å²) in [6, 6.07) is 8.74. The Morgan fingerprint density at radius 2 is 1.95 bits per heavy atom. The summed E-state index contributed by atoms with van der Waals surface area (Å²) in [6.45, 7) is 1.06. The second kappa shape index (κ2) is 5.41. The number of benzene rings is 1. The Labute approximate surface area is 123 Å². The molecular formula is C16H20N2OS. The van der Waals surface area contributed by atoms with Gasteiger partial charge in [0.2, 0.25) is 0 Å². The van der Waals surface area contributed by atoms with Gasteiger partial charge in [0, 0.05) is 18.3 Å². The van der Waals surface area contributed by atoms with E-state index in [4.69, 9.17) is 4.42 Å². The highest BCUT2D eigenvalue weighted by Crippen LogP contribution is 2.44. The minimum absolute atomic E-state index is 0.791. The first kappa shape index (κ1) is 12.7. The topological polar surface area (TPSA) is 38.1 Å². The minimum atomic E-state index is 0.791. The highest BCUT2D eigenvalue weighted by Gasteiger charge is 2.40. The average molecular weight is 288 g/mol. The van der Waals surface area contributed by atoms with Crippen molar-refractivity contribution in [3.8, 4) is 0 Å². The van der Waals surface area contributed by atoms with Crippen LogP contribution in [0.2, 0.25) is 0 Å². The summed E-state index contributed by atoms with van der Waals surface area (Å²) in [5.74, 6) is 2.97. The van der Waals surface area contributed by atoms with Crippen LogP contribution in [0.3, 0.4) is 0 Å². The van der Waals surface area contributed by atoms with Gasteiger partial charge in [0.25, 0.3) is 5.22 Å². The van der Waals surface area contributed by atoms with Gasteiger partial charge in [-0.2, -0.15) is 0 Å². The molecular weight excluding hydrogens is 268 g/mol. The van der Waals surface area contributed by atoms with E-state index in [0.29, 0.717) is 0 Å². The zero-order chi connectivity index (χ0) is 13.4. The summed E-state index contributed by atoms with van der Waals surface area (Å²) < 4.78 is 5.72. The molecule has 0 amide bonds. The number of thioether (sulfide) groups is 1.